The van der Waals surface area contributed by atoms with Crippen molar-refractivity contribution in [1.29, 1.82) is 0 Å². The molecule has 1 N–H and O–H groups in total. The van der Waals surface area contributed by atoms with Gasteiger partial charge in [0, 0.05) is 42.3 Å². The standard InChI is InChI=1S/C29H28FN3O2S/c30-24-13-9-21(10-14-24)19-33-25-5-1-2-6-26(25)36-27(29(33)35)16-20-7-11-23(12-8-20)28(34)32-18-22-4-3-15-31-17-22/h3-4,7-17,25-26H,1-2,5-6,18-19H2,(H,32,34)/b27-16-. The number of pyridine rings is 1. The Balaban J connectivity index is 1.30. The smallest absolute Gasteiger partial charge is 0.260 e. The number of rotatable bonds is 6. The number of halogens is 1. The van der Waals surface area contributed by atoms with Crippen molar-refractivity contribution in [1.82, 2.24) is 15.2 Å². The van der Waals surface area contributed by atoms with Crippen molar-refractivity contribution in [3.63, 3.8) is 0 Å². The molecule has 5 nitrogen and oxygen atoms in total. The van der Waals surface area contributed by atoms with Crippen molar-refractivity contribution in [2.45, 2.75) is 50.1 Å². The van der Waals surface area contributed by atoms with E-state index in [9.17, 15) is 14.0 Å². The van der Waals surface area contributed by atoms with Crippen LogP contribution in [0.5, 0.6) is 0 Å². The lowest BCUT2D eigenvalue weighted by atomic mass is 9.92. The predicted molar refractivity (Wildman–Crippen MR) is 140 cm³/mol. The zero-order valence-electron chi connectivity index (χ0n) is 19.9. The van der Waals surface area contributed by atoms with E-state index in [0.29, 0.717) is 28.8 Å². The summed E-state index contributed by atoms with van der Waals surface area (Å²) in [6.07, 6.45) is 9.72. The van der Waals surface area contributed by atoms with E-state index >= 15 is 0 Å². The van der Waals surface area contributed by atoms with E-state index in [1.807, 2.05) is 35.2 Å². The molecule has 2 fully saturated rings. The second kappa shape index (κ2) is 11.1. The van der Waals surface area contributed by atoms with Crippen LogP contribution < -0.4 is 5.32 Å². The maximum Gasteiger partial charge on any atom is 0.260 e. The molecule has 0 spiro atoms. The number of thioether (sulfide) groups is 1. The van der Waals surface area contributed by atoms with Crippen molar-refractivity contribution in [2.75, 3.05) is 0 Å². The van der Waals surface area contributed by atoms with Gasteiger partial charge >= 0.3 is 0 Å². The normalized spacial score (nSPS) is 20.8. The van der Waals surface area contributed by atoms with E-state index in [0.717, 1.165) is 36.0 Å². The Morgan fingerprint density at radius 3 is 2.58 bits per heavy atom. The summed E-state index contributed by atoms with van der Waals surface area (Å²) in [4.78, 5) is 32.8. The van der Waals surface area contributed by atoms with E-state index < -0.39 is 0 Å². The summed E-state index contributed by atoms with van der Waals surface area (Å²) >= 11 is 1.68. The third-order valence-electron chi connectivity index (χ3n) is 6.73. The molecule has 36 heavy (non-hydrogen) atoms. The average Bonchev–Trinajstić information content (AvgIpc) is 2.92. The SMILES string of the molecule is O=C(NCc1cccnc1)c1ccc(/C=C2\SC3CCCCC3N(Cc3ccc(F)cc3)C2=O)cc1. The molecule has 2 aliphatic rings. The van der Waals surface area contributed by atoms with Crippen LogP contribution in [0.3, 0.4) is 0 Å². The number of amides is 2. The number of benzene rings is 2. The minimum absolute atomic E-state index is 0.0192. The Morgan fingerprint density at radius 2 is 1.83 bits per heavy atom. The largest absolute Gasteiger partial charge is 0.348 e. The summed E-state index contributed by atoms with van der Waals surface area (Å²) in [6.45, 7) is 0.893. The fourth-order valence-corrected chi connectivity index (χ4v) is 6.29. The molecule has 5 rings (SSSR count). The van der Waals surface area contributed by atoms with Crippen LogP contribution in [0.15, 0.2) is 78.0 Å². The van der Waals surface area contributed by atoms with Crippen LogP contribution in [0.25, 0.3) is 6.08 Å². The van der Waals surface area contributed by atoms with Gasteiger partial charge in [-0.15, -0.1) is 11.8 Å². The number of carbonyl (C=O) groups excluding carboxylic acids is 2. The van der Waals surface area contributed by atoms with E-state index in [-0.39, 0.29) is 23.7 Å². The van der Waals surface area contributed by atoms with Crippen molar-refractivity contribution in [3.05, 3.63) is 106 Å². The van der Waals surface area contributed by atoms with E-state index in [2.05, 4.69) is 10.3 Å². The number of nitrogens with one attached hydrogen (secondary N) is 1. The molecule has 0 radical (unpaired) electrons. The van der Waals surface area contributed by atoms with Gasteiger partial charge in [0.2, 0.25) is 0 Å². The lowest BCUT2D eigenvalue weighted by Gasteiger charge is -2.44. The van der Waals surface area contributed by atoms with Crippen molar-refractivity contribution >= 4 is 29.7 Å². The van der Waals surface area contributed by atoms with Gasteiger partial charge in [0.15, 0.2) is 0 Å². The molecule has 1 aromatic heterocycles. The Hall–Kier alpha value is -3.45. The number of carbonyl (C=O) groups is 2. The van der Waals surface area contributed by atoms with Crippen LogP contribution >= 0.6 is 11.8 Å². The third kappa shape index (κ3) is 5.68. The van der Waals surface area contributed by atoms with Crippen LogP contribution in [-0.2, 0) is 17.9 Å². The van der Waals surface area contributed by atoms with E-state index in [1.54, 1.807) is 48.4 Å². The zero-order chi connectivity index (χ0) is 24.9. The molecule has 3 aromatic rings. The van der Waals surface area contributed by atoms with Gasteiger partial charge in [-0.3, -0.25) is 14.6 Å². The molecule has 2 aromatic carbocycles. The minimum atomic E-state index is -0.274. The Morgan fingerprint density at radius 1 is 1.06 bits per heavy atom. The number of fused-ring (bicyclic) bond motifs is 1. The minimum Gasteiger partial charge on any atom is -0.348 e. The fraction of sp³-hybridized carbons (Fsp3) is 0.276. The highest BCUT2D eigenvalue weighted by Crippen LogP contribution is 2.42. The van der Waals surface area contributed by atoms with Crippen LogP contribution in [0.4, 0.5) is 4.39 Å². The first kappa shape index (κ1) is 24.3. The highest BCUT2D eigenvalue weighted by atomic mass is 32.2. The monoisotopic (exact) mass is 501 g/mol. The quantitative estimate of drug-likeness (QED) is 0.448. The molecular formula is C29H28FN3O2S. The fourth-order valence-electron chi connectivity index (χ4n) is 4.82. The molecular weight excluding hydrogens is 473 g/mol. The lowest BCUT2D eigenvalue weighted by Crippen LogP contribution is -2.50. The molecule has 184 valence electrons. The van der Waals surface area contributed by atoms with Crippen molar-refractivity contribution < 1.29 is 14.0 Å². The molecule has 1 saturated carbocycles. The van der Waals surface area contributed by atoms with Crippen LogP contribution in [0.2, 0.25) is 0 Å². The second-order valence-corrected chi connectivity index (χ2v) is 10.5. The van der Waals surface area contributed by atoms with Crippen LogP contribution in [-0.4, -0.2) is 33.0 Å². The molecule has 1 aliphatic carbocycles. The first-order valence-electron chi connectivity index (χ1n) is 12.3. The van der Waals surface area contributed by atoms with Gasteiger partial charge in [-0.2, -0.15) is 0 Å². The third-order valence-corrected chi connectivity index (χ3v) is 8.13. The Kier molecular flexibility index (Phi) is 7.47. The summed E-state index contributed by atoms with van der Waals surface area (Å²) in [5.41, 5.74) is 3.31. The van der Waals surface area contributed by atoms with Crippen LogP contribution in [0, 0.1) is 5.82 Å². The predicted octanol–water partition coefficient (Wildman–Crippen LogP) is 5.58. The number of hydrogen-bond donors (Lipinski definition) is 1. The molecule has 0 bridgehead atoms. The van der Waals surface area contributed by atoms with E-state index in [4.69, 9.17) is 0 Å². The maximum atomic E-state index is 13.5. The van der Waals surface area contributed by atoms with Gasteiger partial charge < -0.3 is 10.2 Å². The first-order valence-corrected chi connectivity index (χ1v) is 13.2. The molecule has 2 unspecified atom stereocenters. The van der Waals surface area contributed by atoms with Gasteiger partial charge in [-0.05, 0) is 65.9 Å². The maximum absolute atomic E-state index is 13.5. The average molecular weight is 502 g/mol. The van der Waals surface area contributed by atoms with E-state index in [1.165, 1.54) is 18.6 Å². The van der Waals surface area contributed by atoms with Gasteiger partial charge in [0.1, 0.15) is 5.82 Å². The zero-order valence-corrected chi connectivity index (χ0v) is 20.7. The highest BCUT2D eigenvalue weighted by Gasteiger charge is 2.40. The van der Waals surface area contributed by atoms with Gasteiger partial charge in [0.05, 0.1) is 4.91 Å². The lowest BCUT2D eigenvalue weighted by molar-refractivity contribution is -0.130. The second-order valence-electron chi connectivity index (χ2n) is 9.24. The van der Waals surface area contributed by atoms with Gasteiger partial charge in [-0.1, -0.05) is 43.2 Å². The molecule has 1 aliphatic heterocycles. The number of aromatic nitrogens is 1. The summed E-state index contributed by atoms with van der Waals surface area (Å²) < 4.78 is 13.4. The molecule has 2 heterocycles. The molecule has 2 atom stereocenters. The molecule has 7 heteroatoms. The van der Waals surface area contributed by atoms with Crippen molar-refractivity contribution in [3.8, 4) is 0 Å². The summed E-state index contributed by atoms with van der Waals surface area (Å²) in [5, 5.41) is 3.27. The Bertz CT molecular complexity index is 1250. The highest BCUT2D eigenvalue weighted by molar-refractivity contribution is 8.04. The van der Waals surface area contributed by atoms with Crippen molar-refractivity contribution in [2.24, 2.45) is 0 Å². The molecule has 2 amide bonds. The number of hydrogen-bond acceptors (Lipinski definition) is 4. The van der Waals surface area contributed by atoms with Gasteiger partial charge in [-0.25, -0.2) is 4.39 Å². The molecule has 1 saturated heterocycles. The van der Waals surface area contributed by atoms with Crippen LogP contribution in [0.1, 0.15) is 52.7 Å². The topological polar surface area (TPSA) is 62.3 Å². The Labute approximate surface area is 214 Å². The first-order chi connectivity index (χ1) is 17.6. The summed E-state index contributed by atoms with van der Waals surface area (Å²) in [5.74, 6) is -0.410. The van der Waals surface area contributed by atoms with Gasteiger partial charge in [0.25, 0.3) is 11.8 Å². The summed E-state index contributed by atoms with van der Waals surface area (Å²) in [7, 11) is 0. The number of nitrogens with zero attached hydrogens (tertiary/aromatic N) is 2. The summed E-state index contributed by atoms with van der Waals surface area (Å²) in [6, 6.07) is 17.7.